The zero-order valence-electron chi connectivity index (χ0n) is 10.5. The van der Waals surface area contributed by atoms with Gasteiger partial charge in [-0.05, 0) is 37.5 Å². The third kappa shape index (κ3) is 3.23. The number of rotatable bonds is 2. The highest BCUT2D eigenvalue weighted by Gasteiger charge is 2.27. The van der Waals surface area contributed by atoms with Crippen molar-refractivity contribution in [2.45, 2.75) is 31.9 Å². The lowest BCUT2D eigenvalue weighted by Crippen LogP contribution is -2.41. The number of nitriles is 1. The fourth-order valence-corrected chi connectivity index (χ4v) is 2.42. The highest BCUT2D eigenvalue weighted by atomic mass is 35.5. The summed E-state index contributed by atoms with van der Waals surface area (Å²) in [5, 5.41) is 19.3. The molecular formula is C14H17ClN2O. The third-order valence-electron chi connectivity index (χ3n) is 3.51. The maximum Gasteiger partial charge on any atom is 0.0992 e. The molecule has 18 heavy (non-hydrogen) atoms. The largest absolute Gasteiger partial charge is 0.390 e. The third-order valence-corrected chi connectivity index (χ3v) is 3.86. The van der Waals surface area contributed by atoms with Crippen LogP contribution in [0.15, 0.2) is 18.2 Å². The van der Waals surface area contributed by atoms with Crippen molar-refractivity contribution in [2.24, 2.45) is 0 Å². The predicted octanol–water partition coefficient (Wildman–Crippen LogP) is 2.56. The highest BCUT2D eigenvalue weighted by molar-refractivity contribution is 6.31. The Kier molecular flexibility index (Phi) is 3.91. The molecule has 1 aromatic rings. The minimum Gasteiger partial charge on any atom is -0.390 e. The van der Waals surface area contributed by atoms with Crippen LogP contribution < -0.4 is 0 Å². The highest BCUT2D eigenvalue weighted by Crippen LogP contribution is 2.25. The molecule has 0 aromatic heterocycles. The van der Waals surface area contributed by atoms with Crippen molar-refractivity contribution in [3.63, 3.8) is 0 Å². The Hall–Kier alpha value is -1.08. The topological polar surface area (TPSA) is 47.3 Å². The van der Waals surface area contributed by atoms with Gasteiger partial charge in [-0.3, -0.25) is 4.90 Å². The maximum atomic E-state index is 9.89. The summed E-state index contributed by atoms with van der Waals surface area (Å²) in [6.07, 6.45) is 1.59. The molecule has 1 N–H and O–H groups in total. The van der Waals surface area contributed by atoms with Gasteiger partial charge in [-0.15, -0.1) is 0 Å². The molecule has 1 aromatic carbocycles. The summed E-state index contributed by atoms with van der Waals surface area (Å²) in [6, 6.07) is 7.49. The smallest absolute Gasteiger partial charge is 0.0992 e. The first-order valence-corrected chi connectivity index (χ1v) is 6.51. The van der Waals surface area contributed by atoms with Crippen LogP contribution in [0.2, 0.25) is 5.02 Å². The van der Waals surface area contributed by atoms with E-state index in [1.165, 1.54) is 0 Å². The van der Waals surface area contributed by atoms with Crippen molar-refractivity contribution in [2.75, 3.05) is 13.1 Å². The van der Waals surface area contributed by atoms with Crippen molar-refractivity contribution < 1.29 is 5.11 Å². The number of halogens is 1. The van der Waals surface area contributed by atoms with Crippen LogP contribution >= 0.6 is 11.6 Å². The molecule has 4 heteroatoms. The monoisotopic (exact) mass is 264 g/mol. The summed E-state index contributed by atoms with van der Waals surface area (Å²) in [4.78, 5) is 2.28. The molecule has 1 heterocycles. The molecular weight excluding hydrogens is 248 g/mol. The molecule has 96 valence electrons. The molecule has 0 saturated carbocycles. The molecule has 3 nitrogen and oxygen atoms in total. The molecule has 0 radical (unpaired) electrons. The first-order valence-electron chi connectivity index (χ1n) is 6.13. The van der Waals surface area contributed by atoms with Crippen LogP contribution in [0.1, 0.15) is 30.9 Å². The van der Waals surface area contributed by atoms with Crippen LogP contribution in [-0.4, -0.2) is 28.7 Å². The average Bonchev–Trinajstić information content (AvgIpc) is 2.34. The lowest BCUT2D eigenvalue weighted by molar-refractivity contribution is -0.00729. The Bertz CT molecular complexity index is 469. The predicted molar refractivity (Wildman–Crippen MR) is 71.3 cm³/mol. The zero-order chi connectivity index (χ0) is 13.2. The van der Waals surface area contributed by atoms with E-state index in [0.717, 1.165) is 38.0 Å². The van der Waals surface area contributed by atoms with Gasteiger partial charge in [0.25, 0.3) is 0 Å². The van der Waals surface area contributed by atoms with Gasteiger partial charge in [0.05, 0.1) is 17.2 Å². The quantitative estimate of drug-likeness (QED) is 0.893. The summed E-state index contributed by atoms with van der Waals surface area (Å²) in [5.74, 6) is 0. The SMILES string of the molecule is CC1(O)CCN(Cc2ccc(C#N)cc2Cl)CC1. The van der Waals surface area contributed by atoms with Crippen LogP contribution in [0.3, 0.4) is 0 Å². The summed E-state index contributed by atoms with van der Waals surface area (Å²) in [6.45, 7) is 4.42. The Labute approximate surface area is 113 Å². The van der Waals surface area contributed by atoms with Crippen LogP contribution in [0.25, 0.3) is 0 Å². The molecule has 0 aliphatic carbocycles. The molecule has 1 aliphatic rings. The van der Waals surface area contributed by atoms with Gasteiger partial charge in [0.2, 0.25) is 0 Å². The minimum absolute atomic E-state index is 0.523. The van der Waals surface area contributed by atoms with Crippen LogP contribution in [0.5, 0.6) is 0 Å². The van der Waals surface area contributed by atoms with Crippen LogP contribution in [0, 0.1) is 11.3 Å². The number of hydrogen-bond donors (Lipinski definition) is 1. The van der Waals surface area contributed by atoms with Gasteiger partial charge in [0.15, 0.2) is 0 Å². The van der Waals surface area contributed by atoms with E-state index in [0.29, 0.717) is 10.6 Å². The molecule has 0 bridgehead atoms. The molecule has 0 amide bonds. The van der Waals surface area contributed by atoms with E-state index in [-0.39, 0.29) is 0 Å². The Morgan fingerprint density at radius 2 is 2.11 bits per heavy atom. The van der Waals surface area contributed by atoms with Gasteiger partial charge in [0.1, 0.15) is 0 Å². The second-order valence-corrected chi connectivity index (χ2v) is 5.60. The fraction of sp³-hybridized carbons (Fsp3) is 0.500. The maximum absolute atomic E-state index is 9.89. The lowest BCUT2D eigenvalue weighted by atomic mass is 9.93. The fourth-order valence-electron chi connectivity index (χ4n) is 2.18. The number of piperidine rings is 1. The first-order chi connectivity index (χ1) is 8.50. The van der Waals surface area contributed by atoms with Crippen molar-refractivity contribution >= 4 is 11.6 Å². The van der Waals surface area contributed by atoms with Gasteiger partial charge in [-0.2, -0.15) is 5.26 Å². The second kappa shape index (κ2) is 5.27. The Morgan fingerprint density at radius 3 is 2.67 bits per heavy atom. The zero-order valence-corrected chi connectivity index (χ0v) is 11.2. The molecule has 1 fully saturated rings. The van der Waals surface area contributed by atoms with E-state index >= 15 is 0 Å². The van der Waals surface area contributed by atoms with E-state index in [9.17, 15) is 5.11 Å². The summed E-state index contributed by atoms with van der Waals surface area (Å²) in [5.41, 5.74) is 1.10. The molecule has 0 spiro atoms. The van der Waals surface area contributed by atoms with Gasteiger partial charge in [-0.25, -0.2) is 0 Å². The van der Waals surface area contributed by atoms with Crippen LogP contribution in [0.4, 0.5) is 0 Å². The molecule has 0 unspecified atom stereocenters. The van der Waals surface area contributed by atoms with E-state index in [1.54, 1.807) is 12.1 Å². The van der Waals surface area contributed by atoms with Crippen molar-refractivity contribution in [3.8, 4) is 6.07 Å². The summed E-state index contributed by atoms with van der Waals surface area (Å²) >= 11 is 6.16. The molecule has 0 atom stereocenters. The average molecular weight is 265 g/mol. The standard InChI is InChI=1S/C14H17ClN2O/c1-14(18)4-6-17(7-5-14)10-12-3-2-11(9-16)8-13(12)15/h2-3,8,18H,4-7,10H2,1H3. The number of nitrogens with zero attached hydrogens (tertiary/aromatic N) is 2. The normalized spacial score (nSPS) is 19.4. The first kappa shape index (κ1) is 13.4. The van der Waals surface area contributed by atoms with E-state index in [4.69, 9.17) is 16.9 Å². The molecule has 1 aliphatic heterocycles. The van der Waals surface area contributed by atoms with E-state index in [1.807, 2.05) is 13.0 Å². The Balaban J connectivity index is 2.01. The van der Waals surface area contributed by atoms with Crippen LogP contribution in [-0.2, 0) is 6.54 Å². The second-order valence-electron chi connectivity index (χ2n) is 5.19. The lowest BCUT2D eigenvalue weighted by Gasteiger charge is -2.35. The van der Waals surface area contributed by atoms with Crippen molar-refractivity contribution in [1.29, 1.82) is 5.26 Å². The summed E-state index contributed by atoms with van der Waals surface area (Å²) in [7, 11) is 0. The van der Waals surface area contributed by atoms with Gasteiger partial charge in [-0.1, -0.05) is 17.7 Å². The van der Waals surface area contributed by atoms with E-state index in [2.05, 4.69) is 11.0 Å². The van der Waals surface area contributed by atoms with Crippen molar-refractivity contribution in [3.05, 3.63) is 34.3 Å². The number of likely N-dealkylation sites (tertiary alicyclic amines) is 1. The van der Waals surface area contributed by atoms with Gasteiger partial charge in [0, 0.05) is 24.7 Å². The molecule has 2 rings (SSSR count). The number of benzene rings is 1. The van der Waals surface area contributed by atoms with Gasteiger partial charge < -0.3 is 5.11 Å². The molecule has 1 saturated heterocycles. The minimum atomic E-state index is -0.523. The number of aliphatic hydroxyl groups is 1. The summed E-state index contributed by atoms with van der Waals surface area (Å²) < 4.78 is 0. The van der Waals surface area contributed by atoms with Gasteiger partial charge >= 0.3 is 0 Å². The van der Waals surface area contributed by atoms with Crippen molar-refractivity contribution in [1.82, 2.24) is 4.90 Å². The van der Waals surface area contributed by atoms with E-state index < -0.39 is 5.60 Å². The Morgan fingerprint density at radius 1 is 1.44 bits per heavy atom. The number of hydrogen-bond acceptors (Lipinski definition) is 3.